The average molecular weight is 539 g/mol. The molecule has 8 nitrogen and oxygen atoms in total. The number of unbranched alkanes of at least 4 members (excludes halogenated alkanes) is 1. The number of aryl methyl sites for hydroxylation is 1. The fourth-order valence-electron chi connectivity index (χ4n) is 4.19. The van der Waals surface area contributed by atoms with Crippen molar-refractivity contribution in [1.29, 1.82) is 0 Å². The normalized spacial score (nSPS) is 15.8. The van der Waals surface area contributed by atoms with Gasteiger partial charge in [0.25, 0.3) is 0 Å². The van der Waals surface area contributed by atoms with Gasteiger partial charge >= 0.3 is 0 Å². The van der Waals surface area contributed by atoms with Crippen LogP contribution in [0.2, 0.25) is 0 Å². The van der Waals surface area contributed by atoms with E-state index in [1.165, 1.54) is 25.5 Å². The molecule has 3 heterocycles. The van der Waals surface area contributed by atoms with Crippen LogP contribution >= 0.6 is 11.8 Å². The van der Waals surface area contributed by atoms with E-state index in [1.807, 2.05) is 41.7 Å². The number of imidazole rings is 1. The molecule has 37 heavy (non-hydrogen) atoms. The van der Waals surface area contributed by atoms with E-state index in [2.05, 4.69) is 23.0 Å². The topological polar surface area (TPSA) is 98.6 Å². The van der Waals surface area contributed by atoms with Crippen molar-refractivity contribution in [1.82, 2.24) is 14.5 Å². The predicted octanol–water partition coefficient (Wildman–Crippen LogP) is 5.73. The van der Waals surface area contributed by atoms with Crippen LogP contribution in [-0.4, -0.2) is 46.0 Å². The van der Waals surface area contributed by atoms with E-state index in [4.69, 9.17) is 14.5 Å². The van der Waals surface area contributed by atoms with Gasteiger partial charge in [0.15, 0.2) is 9.84 Å². The molecule has 0 spiro atoms. The van der Waals surface area contributed by atoms with Crippen LogP contribution in [0, 0.1) is 0 Å². The SMILES string of the molecule is CCCCC1CN=C(c2cc3cc(Oc4ccc(S(C)(=O)=O)cc4)cc(OCc4nccn4C)c3[nH]2)S1. The van der Waals surface area contributed by atoms with Crippen LogP contribution in [0.5, 0.6) is 17.2 Å². The molecule has 0 fully saturated rings. The summed E-state index contributed by atoms with van der Waals surface area (Å²) in [6, 6.07) is 12.2. The van der Waals surface area contributed by atoms with Gasteiger partial charge in [0.05, 0.1) is 22.7 Å². The first-order valence-electron chi connectivity index (χ1n) is 12.3. The summed E-state index contributed by atoms with van der Waals surface area (Å²) in [6.45, 7) is 3.36. The summed E-state index contributed by atoms with van der Waals surface area (Å²) in [5, 5.41) is 2.48. The van der Waals surface area contributed by atoms with Crippen LogP contribution in [0.1, 0.15) is 37.7 Å². The molecule has 0 bridgehead atoms. The third-order valence-corrected chi connectivity index (χ3v) is 8.68. The lowest BCUT2D eigenvalue weighted by molar-refractivity contribution is 0.293. The number of nitrogens with zero attached hydrogens (tertiary/aromatic N) is 3. The number of H-pyrrole nitrogens is 1. The Labute approximate surface area is 221 Å². The van der Waals surface area contributed by atoms with Crippen molar-refractivity contribution in [3.05, 3.63) is 66.4 Å². The van der Waals surface area contributed by atoms with Gasteiger partial charge in [-0.25, -0.2) is 13.4 Å². The van der Waals surface area contributed by atoms with Crippen LogP contribution in [0.25, 0.3) is 10.9 Å². The van der Waals surface area contributed by atoms with Crippen molar-refractivity contribution < 1.29 is 17.9 Å². The molecule has 5 rings (SSSR count). The van der Waals surface area contributed by atoms with E-state index in [-0.39, 0.29) is 4.90 Å². The number of thioether (sulfide) groups is 1. The molecule has 4 aromatic rings. The Hall–Kier alpha value is -3.24. The second-order valence-electron chi connectivity index (χ2n) is 9.19. The van der Waals surface area contributed by atoms with Crippen LogP contribution < -0.4 is 9.47 Å². The lowest BCUT2D eigenvalue weighted by atomic mass is 10.2. The fraction of sp³-hybridized carbons (Fsp3) is 0.333. The van der Waals surface area contributed by atoms with Crippen molar-refractivity contribution in [2.24, 2.45) is 12.0 Å². The average Bonchev–Trinajstić information content (AvgIpc) is 3.60. The molecular weight excluding hydrogens is 508 g/mol. The van der Waals surface area contributed by atoms with Gasteiger partial charge in [-0.15, -0.1) is 0 Å². The molecule has 1 unspecified atom stereocenters. The number of ether oxygens (including phenoxy) is 2. The van der Waals surface area contributed by atoms with Crippen LogP contribution in [-0.2, 0) is 23.5 Å². The van der Waals surface area contributed by atoms with Crippen LogP contribution in [0.3, 0.4) is 0 Å². The Morgan fingerprint density at radius 1 is 1.16 bits per heavy atom. The first-order valence-corrected chi connectivity index (χ1v) is 15.0. The molecule has 2 aromatic heterocycles. The Bertz CT molecular complexity index is 1540. The maximum absolute atomic E-state index is 11.8. The highest BCUT2D eigenvalue weighted by Gasteiger charge is 2.22. The summed E-state index contributed by atoms with van der Waals surface area (Å²) in [6.07, 6.45) is 8.38. The molecule has 2 aromatic carbocycles. The number of aromatic nitrogens is 3. The van der Waals surface area contributed by atoms with Gasteiger partial charge in [-0.2, -0.15) is 0 Å². The van der Waals surface area contributed by atoms with E-state index in [0.717, 1.165) is 34.0 Å². The van der Waals surface area contributed by atoms with Gasteiger partial charge in [-0.1, -0.05) is 31.5 Å². The summed E-state index contributed by atoms with van der Waals surface area (Å²) in [4.78, 5) is 12.9. The Kier molecular flexibility index (Phi) is 7.30. The molecular formula is C27H30N4O4S2. The fourth-order valence-corrected chi connectivity index (χ4v) is 5.95. The molecule has 1 atom stereocenters. The zero-order chi connectivity index (χ0) is 26.0. The van der Waals surface area contributed by atoms with Crippen molar-refractivity contribution in [2.45, 2.75) is 42.9 Å². The van der Waals surface area contributed by atoms with Crippen molar-refractivity contribution in [3.8, 4) is 17.2 Å². The zero-order valence-electron chi connectivity index (χ0n) is 21.1. The van der Waals surface area contributed by atoms with E-state index in [9.17, 15) is 8.42 Å². The maximum Gasteiger partial charge on any atom is 0.175 e. The minimum Gasteiger partial charge on any atom is -0.483 e. The predicted molar refractivity (Wildman–Crippen MR) is 148 cm³/mol. The number of nitrogens with one attached hydrogen (secondary N) is 1. The third kappa shape index (κ3) is 5.86. The van der Waals surface area contributed by atoms with Gasteiger partial charge in [0.2, 0.25) is 0 Å². The molecule has 0 radical (unpaired) electrons. The molecule has 0 saturated heterocycles. The quantitative estimate of drug-likeness (QED) is 0.277. The van der Waals surface area contributed by atoms with E-state index in [0.29, 0.717) is 29.1 Å². The number of hydrogen-bond donors (Lipinski definition) is 1. The molecule has 0 aliphatic carbocycles. The highest BCUT2D eigenvalue weighted by Crippen LogP contribution is 2.37. The lowest BCUT2D eigenvalue weighted by Gasteiger charge is -2.11. The lowest BCUT2D eigenvalue weighted by Crippen LogP contribution is -2.03. The summed E-state index contributed by atoms with van der Waals surface area (Å²) in [5.41, 5.74) is 1.83. The van der Waals surface area contributed by atoms with Gasteiger partial charge in [-0.05, 0) is 42.8 Å². The first kappa shape index (κ1) is 25.4. The van der Waals surface area contributed by atoms with Gasteiger partial charge in [0, 0.05) is 42.4 Å². The standard InChI is InChI=1S/C27H30N4O4S2/c1-4-5-6-21-16-29-27(36-21)23-14-18-13-20(35-19-7-9-22(10-8-19)37(3,32)33)15-24(26(18)30-23)34-17-25-28-11-12-31(25)2/h7-15,21,30H,4-6,16-17H2,1-3H3. The molecule has 194 valence electrons. The number of benzene rings is 2. The number of sulfone groups is 1. The molecule has 1 aliphatic heterocycles. The third-order valence-electron chi connectivity index (χ3n) is 6.26. The molecule has 0 saturated carbocycles. The number of aromatic amines is 1. The molecule has 0 amide bonds. The molecule has 1 aliphatic rings. The zero-order valence-corrected chi connectivity index (χ0v) is 22.7. The second kappa shape index (κ2) is 10.6. The Balaban J connectivity index is 1.44. The highest BCUT2D eigenvalue weighted by molar-refractivity contribution is 8.15. The van der Waals surface area contributed by atoms with Crippen LogP contribution in [0.4, 0.5) is 0 Å². The smallest absolute Gasteiger partial charge is 0.175 e. The van der Waals surface area contributed by atoms with Gasteiger partial charge in [-0.3, -0.25) is 4.99 Å². The number of fused-ring (bicyclic) bond motifs is 1. The minimum absolute atomic E-state index is 0.247. The Morgan fingerprint density at radius 3 is 2.68 bits per heavy atom. The Morgan fingerprint density at radius 2 is 1.97 bits per heavy atom. The van der Waals surface area contributed by atoms with E-state index < -0.39 is 9.84 Å². The van der Waals surface area contributed by atoms with Gasteiger partial charge < -0.3 is 19.0 Å². The maximum atomic E-state index is 11.8. The number of aliphatic imine (C=N–C) groups is 1. The largest absolute Gasteiger partial charge is 0.483 e. The minimum atomic E-state index is -3.28. The second-order valence-corrected chi connectivity index (χ2v) is 12.5. The monoisotopic (exact) mass is 538 g/mol. The van der Waals surface area contributed by atoms with E-state index >= 15 is 0 Å². The number of hydrogen-bond acceptors (Lipinski definition) is 7. The van der Waals surface area contributed by atoms with Crippen LogP contribution in [0.15, 0.2) is 64.7 Å². The highest BCUT2D eigenvalue weighted by atomic mass is 32.2. The summed E-state index contributed by atoms with van der Waals surface area (Å²) >= 11 is 1.83. The molecule has 1 N–H and O–H groups in total. The summed E-state index contributed by atoms with van der Waals surface area (Å²) in [5.74, 6) is 2.56. The van der Waals surface area contributed by atoms with Gasteiger partial charge in [0.1, 0.15) is 34.7 Å². The summed E-state index contributed by atoms with van der Waals surface area (Å²) < 4.78 is 37.8. The first-order chi connectivity index (χ1) is 17.8. The van der Waals surface area contributed by atoms with Crippen molar-refractivity contribution in [3.63, 3.8) is 0 Å². The van der Waals surface area contributed by atoms with E-state index in [1.54, 1.807) is 30.5 Å². The van der Waals surface area contributed by atoms with Crippen molar-refractivity contribution in [2.75, 3.05) is 12.8 Å². The molecule has 10 heteroatoms. The summed E-state index contributed by atoms with van der Waals surface area (Å²) in [7, 11) is -1.35. The van der Waals surface area contributed by atoms with Crippen molar-refractivity contribution >= 4 is 37.5 Å². The number of rotatable bonds is 10.